The zero-order valence-electron chi connectivity index (χ0n) is 38.2. The Bertz CT molecular complexity index is 1630. The predicted molar refractivity (Wildman–Crippen MR) is 301 cm³/mol. The lowest BCUT2D eigenvalue weighted by Crippen LogP contribution is -2.42. The normalized spacial score (nSPS) is 11.8. The number of thioether (sulfide) groups is 8. The van der Waals surface area contributed by atoms with Crippen molar-refractivity contribution in [3.05, 3.63) is 108 Å². The Morgan fingerprint density at radius 3 is 1.52 bits per heavy atom. The molecule has 1 aromatic heterocycles. The quantitative estimate of drug-likeness (QED) is 0.0357. The number of nitrogens with one attached hydrogen (secondary N) is 2. The SMILES string of the molecule is CSCCSCCNC(=O)CN1C=CC(c2cc[n+](CC(=O)NCCSCCSC)cc2)=CC1.CSCCSc1ccc(CCCCCCc2ccc(SCCSC)cc2)cc1.ClCl. The third-order valence-corrected chi connectivity index (χ3v) is 17.0. The molecule has 356 valence electrons. The van der Waals surface area contributed by atoms with E-state index in [0.29, 0.717) is 26.2 Å². The van der Waals surface area contributed by atoms with Crippen LogP contribution in [0.25, 0.3) is 5.57 Å². The van der Waals surface area contributed by atoms with Crippen molar-refractivity contribution in [2.75, 3.05) is 109 Å². The predicted octanol–water partition coefficient (Wildman–Crippen LogP) is 11.9. The largest absolute Gasteiger partial charge is 0.364 e. The molecule has 2 N–H and O–H groups in total. The maximum absolute atomic E-state index is 12.1. The molecule has 16 heteroatoms. The molecule has 6 nitrogen and oxygen atoms in total. The number of carbonyl (C=O) groups excluding carboxylic acids is 2. The summed E-state index contributed by atoms with van der Waals surface area (Å²) in [6.45, 7) is 2.82. The minimum Gasteiger partial charge on any atom is -0.364 e. The zero-order valence-corrected chi connectivity index (χ0v) is 46.3. The summed E-state index contributed by atoms with van der Waals surface area (Å²) in [6.07, 6.45) is 26.3. The summed E-state index contributed by atoms with van der Waals surface area (Å²) in [5.41, 5.74) is 5.21. The van der Waals surface area contributed by atoms with Crippen molar-refractivity contribution in [1.82, 2.24) is 15.5 Å². The number of allylic oxidation sites excluding steroid dienone is 2. The summed E-state index contributed by atoms with van der Waals surface area (Å²) in [5, 5.41) is 5.98. The van der Waals surface area contributed by atoms with Gasteiger partial charge in [-0.3, -0.25) is 9.59 Å². The van der Waals surface area contributed by atoms with Gasteiger partial charge in [0.15, 0.2) is 12.4 Å². The summed E-state index contributed by atoms with van der Waals surface area (Å²) < 4.78 is 1.89. The van der Waals surface area contributed by atoms with Crippen LogP contribution >= 0.6 is 116 Å². The summed E-state index contributed by atoms with van der Waals surface area (Å²) in [4.78, 5) is 29.1. The number of benzene rings is 2. The minimum absolute atomic E-state index is 0.0347. The summed E-state index contributed by atoms with van der Waals surface area (Å²) >= 11 is 15.2. The fourth-order valence-corrected chi connectivity index (χ4v) is 12.4. The van der Waals surface area contributed by atoms with Gasteiger partial charge in [0.1, 0.15) is 0 Å². The molecule has 64 heavy (non-hydrogen) atoms. The zero-order chi connectivity index (χ0) is 46.3. The summed E-state index contributed by atoms with van der Waals surface area (Å²) in [5.74, 6) is 11.4. The summed E-state index contributed by atoms with van der Waals surface area (Å²) in [7, 11) is 8.22. The lowest BCUT2D eigenvalue weighted by Gasteiger charge is -2.22. The Balaban J connectivity index is 0.000000431. The van der Waals surface area contributed by atoms with Gasteiger partial charge in [-0.2, -0.15) is 75.1 Å². The molecule has 0 atom stereocenters. The highest BCUT2D eigenvalue weighted by Crippen LogP contribution is 2.22. The number of hydrogen-bond donors (Lipinski definition) is 2. The van der Waals surface area contributed by atoms with E-state index < -0.39 is 0 Å². The molecule has 2 amide bonds. The van der Waals surface area contributed by atoms with Gasteiger partial charge in [-0.25, -0.2) is 0 Å². The van der Waals surface area contributed by atoms with Crippen molar-refractivity contribution in [1.29, 1.82) is 0 Å². The van der Waals surface area contributed by atoms with Crippen LogP contribution in [0.2, 0.25) is 0 Å². The molecule has 0 bridgehead atoms. The molecule has 1 aliphatic heterocycles. The average Bonchev–Trinajstić information content (AvgIpc) is 3.32. The van der Waals surface area contributed by atoms with Crippen LogP contribution in [0.3, 0.4) is 0 Å². The van der Waals surface area contributed by atoms with Gasteiger partial charge < -0.3 is 15.5 Å². The summed E-state index contributed by atoms with van der Waals surface area (Å²) in [6, 6.07) is 22.5. The third-order valence-electron chi connectivity index (χ3n) is 9.55. The van der Waals surface area contributed by atoms with Crippen LogP contribution in [0, 0.1) is 0 Å². The van der Waals surface area contributed by atoms with Crippen LogP contribution in [-0.2, 0) is 29.0 Å². The van der Waals surface area contributed by atoms with Crippen LogP contribution in [-0.4, -0.2) is 125 Å². The number of aryl methyl sites for hydroxylation is 2. The van der Waals surface area contributed by atoms with E-state index >= 15 is 0 Å². The van der Waals surface area contributed by atoms with E-state index in [9.17, 15) is 9.59 Å². The van der Waals surface area contributed by atoms with E-state index in [-0.39, 0.29) is 11.8 Å². The second-order valence-corrected chi connectivity index (χ2v) is 23.2. The molecule has 0 aliphatic carbocycles. The Morgan fingerprint density at radius 2 is 1.06 bits per heavy atom. The lowest BCUT2D eigenvalue weighted by atomic mass is 10.0. The number of amides is 2. The van der Waals surface area contributed by atoms with Gasteiger partial charge >= 0.3 is 0 Å². The fourth-order valence-electron chi connectivity index (χ4n) is 6.09. The van der Waals surface area contributed by atoms with E-state index in [2.05, 4.69) is 112 Å². The number of nitrogens with zero attached hydrogens (tertiary/aromatic N) is 2. The van der Waals surface area contributed by atoms with Crippen LogP contribution in [0.15, 0.2) is 101 Å². The van der Waals surface area contributed by atoms with Crippen LogP contribution in [0.4, 0.5) is 0 Å². The molecule has 0 spiro atoms. The monoisotopic (exact) mass is 1060 g/mol. The number of rotatable bonds is 32. The molecule has 0 fully saturated rings. The van der Waals surface area contributed by atoms with E-state index in [4.69, 9.17) is 0 Å². The number of pyridine rings is 1. The fraction of sp³-hybridized carbons (Fsp3) is 0.521. The highest BCUT2D eigenvalue weighted by Gasteiger charge is 2.13. The van der Waals surface area contributed by atoms with Gasteiger partial charge in [0.05, 0.1) is 6.54 Å². The maximum atomic E-state index is 12.1. The van der Waals surface area contributed by atoms with Crippen molar-refractivity contribution in [2.24, 2.45) is 0 Å². The molecule has 2 aromatic carbocycles. The molecule has 4 rings (SSSR count). The van der Waals surface area contributed by atoms with Crippen molar-refractivity contribution in [2.45, 2.75) is 54.9 Å². The van der Waals surface area contributed by atoms with Gasteiger partial charge in [0.2, 0.25) is 12.5 Å². The Labute approximate surface area is 430 Å². The van der Waals surface area contributed by atoms with Gasteiger partial charge in [-0.05, 0) is 103 Å². The Kier molecular flexibility index (Phi) is 38.2. The van der Waals surface area contributed by atoms with Crippen molar-refractivity contribution in [3.63, 3.8) is 0 Å². The van der Waals surface area contributed by atoms with Crippen LogP contribution in [0.5, 0.6) is 0 Å². The Hall–Kier alpha value is -0.810. The molecule has 2 heterocycles. The molecule has 0 unspecified atom stereocenters. The number of carbonyl (C=O) groups is 2. The highest BCUT2D eigenvalue weighted by atomic mass is 36.5. The van der Waals surface area contributed by atoms with Gasteiger partial charge in [-0.15, -0.1) is 23.5 Å². The van der Waals surface area contributed by atoms with Crippen LogP contribution in [0.1, 0.15) is 42.4 Å². The molecule has 1 aliphatic rings. The van der Waals surface area contributed by atoms with E-state index in [1.807, 2.05) is 140 Å². The standard InChI is InChI=1S/C24H36N4O2S4.C24H34S4.Cl2/c1-31-15-17-33-13-7-25-23(29)19-27-9-3-21(4-10-27)22-5-11-28(12-6-22)20-24(30)26-8-14-34-18-16-32-2;1-25-17-19-27-23-13-9-21(10-14-23)7-5-3-4-6-8-22-11-15-24(16-12-22)28-20-18-26-2;1-2/h3-6,9-11H,7-8,12-20H2,1-2H3,(H-,25,26,29,30);9-16H,3-8,17-20H2,1-2H3;/p+1. The molecular weight excluding hydrogens is 992 g/mol. The van der Waals surface area contributed by atoms with E-state index in [0.717, 1.165) is 52.2 Å². The van der Waals surface area contributed by atoms with E-state index in [1.54, 1.807) is 0 Å². The lowest BCUT2D eigenvalue weighted by molar-refractivity contribution is -0.684. The molecule has 3 aromatic rings. The Morgan fingerprint density at radius 1 is 0.594 bits per heavy atom. The van der Waals surface area contributed by atoms with Crippen molar-refractivity contribution in [3.8, 4) is 0 Å². The van der Waals surface area contributed by atoms with Crippen molar-refractivity contribution >= 4 is 133 Å². The second kappa shape index (κ2) is 41.2. The first-order valence-electron chi connectivity index (χ1n) is 21.8. The first-order chi connectivity index (χ1) is 31.4. The minimum atomic E-state index is 0.0347. The number of halogens is 2. The van der Waals surface area contributed by atoms with Gasteiger partial charge in [-0.1, -0.05) is 43.2 Å². The van der Waals surface area contributed by atoms with Gasteiger partial charge in [0.25, 0.3) is 5.91 Å². The number of unbranched alkanes of at least 4 members (excludes halogenated alkanes) is 3. The number of hydrogen-bond acceptors (Lipinski definition) is 11. The first-order valence-corrected chi connectivity index (χ1v) is 32.8. The second-order valence-electron chi connectivity index (χ2n) is 14.5. The third kappa shape index (κ3) is 29.8. The molecular formula is C48H71Cl2N4O2S8+. The van der Waals surface area contributed by atoms with E-state index in [1.165, 1.54) is 82.5 Å². The van der Waals surface area contributed by atoms with Crippen LogP contribution < -0.4 is 15.2 Å². The molecule has 0 saturated carbocycles. The highest BCUT2D eigenvalue weighted by molar-refractivity contribution is 8.03. The average molecular weight is 1060 g/mol. The topological polar surface area (TPSA) is 65.3 Å². The van der Waals surface area contributed by atoms with Crippen molar-refractivity contribution < 1.29 is 14.2 Å². The smallest absolute Gasteiger partial charge is 0.286 e. The first kappa shape index (κ1) is 59.3. The van der Waals surface area contributed by atoms with Gasteiger partial charge in [0, 0.05) is 127 Å². The molecule has 0 radical (unpaired) electrons. The maximum Gasteiger partial charge on any atom is 0.286 e. The molecule has 0 saturated heterocycles. The number of aromatic nitrogens is 1.